The number of nitrogens with one attached hydrogen (secondary N) is 1. The molecule has 6 nitrogen and oxygen atoms in total. The van der Waals surface area contributed by atoms with Crippen molar-refractivity contribution in [2.75, 3.05) is 6.54 Å². The minimum Gasteiger partial charge on any atom is -0.408 e. The predicted molar refractivity (Wildman–Crippen MR) is 74.3 cm³/mol. The Morgan fingerprint density at radius 2 is 2.25 bits per heavy atom. The molecule has 0 bridgehead atoms. The van der Waals surface area contributed by atoms with Gasteiger partial charge in [0.15, 0.2) is 5.58 Å². The van der Waals surface area contributed by atoms with Gasteiger partial charge in [-0.05, 0) is 24.1 Å². The number of hydrogen-bond donors (Lipinski definition) is 2. The van der Waals surface area contributed by atoms with Crippen LogP contribution in [0, 0.1) is 0 Å². The highest BCUT2D eigenvalue weighted by Gasteiger charge is 2.12. The average molecular weight is 278 g/mol. The second-order valence-corrected chi connectivity index (χ2v) is 4.62. The molecule has 0 radical (unpaired) electrons. The number of fused-ring (bicyclic) bond motifs is 1. The first-order valence-electron chi connectivity index (χ1n) is 6.65. The molecule has 0 aliphatic carbocycles. The number of carbonyl (C=O) groups excluding carboxylic acids is 1. The maximum atomic E-state index is 11.8. The maximum absolute atomic E-state index is 11.8. The number of carbonyl (C=O) groups is 1. The summed E-state index contributed by atoms with van der Waals surface area (Å²) in [7, 11) is 0. The van der Waals surface area contributed by atoms with E-state index in [9.17, 15) is 9.59 Å². The van der Waals surface area contributed by atoms with E-state index in [1.54, 1.807) is 18.2 Å². The Hall–Kier alpha value is -2.08. The third-order valence-electron chi connectivity index (χ3n) is 3.07. The molecule has 0 aliphatic rings. The summed E-state index contributed by atoms with van der Waals surface area (Å²) in [6, 6.07) is 4.95. The monoisotopic (exact) mass is 278 g/mol. The highest BCUT2D eigenvalue weighted by Crippen LogP contribution is 2.15. The Balaban J connectivity index is 2.22. The van der Waals surface area contributed by atoms with Gasteiger partial charge in [-0.15, -0.1) is 0 Å². The van der Waals surface area contributed by atoms with Gasteiger partial charge >= 0.3 is 5.76 Å². The Kier molecular flexibility index (Phi) is 4.57. The maximum Gasteiger partial charge on any atom is 0.420 e. The summed E-state index contributed by atoms with van der Waals surface area (Å²) in [5, 5.41) is 11.9. The van der Waals surface area contributed by atoms with E-state index in [4.69, 9.17) is 9.52 Å². The average Bonchev–Trinajstić information content (AvgIpc) is 2.75. The van der Waals surface area contributed by atoms with Crippen LogP contribution < -0.4 is 11.1 Å². The molecular weight excluding hydrogens is 260 g/mol. The molecular formula is C14H18N2O4. The molecule has 0 atom stereocenters. The lowest BCUT2D eigenvalue weighted by Gasteiger charge is -2.05. The van der Waals surface area contributed by atoms with E-state index in [1.165, 1.54) is 4.57 Å². The summed E-state index contributed by atoms with van der Waals surface area (Å²) >= 11 is 0. The fourth-order valence-electron chi connectivity index (χ4n) is 1.96. The Bertz CT molecular complexity index is 657. The smallest absolute Gasteiger partial charge is 0.408 e. The summed E-state index contributed by atoms with van der Waals surface area (Å²) < 4.78 is 6.34. The first-order valence-corrected chi connectivity index (χ1v) is 6.65. The fraction of sp³-hybridized carbons (Fsp3) is 0.429. The topological polar surface area (TPSA) is 84.5 Å². The van der Waals surface area contributed by atoms with Gasteiger partial charge in [0, 0.05) is 6.54 Å². The predicted octanol–water partition coefficient (Wildman–Crippen LogP) is 1.00. The van der Waals surface area contributed by atoms with Crippen molar-refractivity contribution in [1.29, 1.82) is 0 Å². The lowest BCUT2D eigenvalue weighted by molar-refractivity contribution is -0.121. The highest BCUT2D eigenvalue weighted by atomic mass is 16.4. The van der Waals surface area contributed by atoms with Crippen molar-refractivity contribution in [3.05, 3.63) is 34.3 Å². The molecule has 0 saturated carbocycles. The number of aromatic nitrogens is 1. The minimum atomic E-state index is -0.569. The lowest BCUT2D eigenvalue weighted by atomic mass is 10.2. The van der Waals surface area contributed by atoms with E-state index in [1.807, 2.05) is 6.92 Å². The first-order chi connectivity index (χ1) is 9.65. The zero-order chi connectivity index (χ0) is 14.5. The van der Waals surface area contributed by atoms with Gasteiger partial charge in [-0.2, -0.15) is 0 Å². The van der Waals surface area contributed by atoms with E-state index in [-0.39, 0.29) is 19.1 Å². The third kappa shape index (κ3) is 3.08. The molecule has 6 heteroatoms. The SMILES string of the molecule is CCCCNC(=O)Cn1c(=O)oc2ccc(CO)cc21. The fourth-order valence-corrected chi connectivity index (χ4v) is 1.96. The van der Waals surface area contributed by atoms with Crippen molar-refractivity contribution in [1.82, 2.24) is 9.88 Å². The Labute approximate surface area is 116 Å². The van der Waals surface area contributed by atoms with Gasteiger partial charge in [0.2, 0.25) is 5.91 Å². The van der Waals surface area contributed by atoms with Gasteiger partial charge in [0.1, 0.15) is 6.54 Å². The molecule has 2 N–H and O–H groups in total. The number of hydrogen-bond acceptors (Lipinski definition) is 4. The second-order valence-electron chi connectivity index (χ2n) is 4.62. The summed E-state index contributed by atoms with van der Waals surface area (Å²) in [5.74, 6) is -0.793. The number of rotatable bonds is 6. The van der Waals surface area contributed by atoms with Crippen LogP contribution >= 0.6 is 0 Å². The van der Waals surface area contributed by atoms with Gasteiger partial charge in [0.05, 0.1) is 12.1 Å². The molecule has 1 heterocycles. The quantitative estimate of drug-likeness (QED) is 0.772. The van der Waals surface area contributed by atoms with Crippen molar-refractivity contribution in [3.8, 4) is 0 Å². The number of oxazole rings is 1. The molecule has 1 aromatic heterocycles. The van der Waals surface area contributed by atoms with Crippen LogP contribution in [0.5, 0.6) is 0 Å². The molecule has 2 aromatic rings. The van der Waals surface area contributed by atoms with Crippen LogP contribution in [-0.4, -0.2) is 22.1 Å². The van der Waals surface area contributed by atoms with Gasteiger partial charge in [-0.25, -0.2) is 4.79 Å². The highest BCUT2D eigenvalue weighted by molar-refractivity contribution is 5.79. The van der Waals surface area contributed by atoms with Crippen LogP contribution in [0.1, 0.15) is 25.3 Å². The third-order valence-corrected chi connectivity index (χ3v) is 3.07. The molecule has 20 heavy (non-hydrogen) atoms. The molecule has 0 spiro atoms. The van der Waals surface area contributed by atoms with Crippen molar-refractivity contribution < 1.29 is 14.3 Å². The van der Waals surface area contributed by atoms with Crippen molar-refractivity contribution in [2.45, 2.75) is 32.9 Å². The first kappa shape index (κ1) is 14.3. The van der Waals surface area contributed by atoms with Crippen molar-refractivity contribution in [3.63, 3.8) is 0 Å². The summed E-state index contributed by atoms with van der Waals surface area (Å²) in [6.45, 7) is 2.43. The van der Waals surface area contributed by atoms with Crippen molar-refractivity contribution >= 4 is 17.0 Å². The van der Waals surface area contributed by atoms with Crippen LogP contribution in [-0.2, 0) is 17.9 Å². The molecule has 0 unspecified atom stereocenters. The lowest BCUT2D eigenvalue weighted by Crippen LogP contribution is -2.31. The van der Waals surface area contributed by atoms with Crippen LogP contribution in [0.15, 0.2) is 27.4 Å². The summed E-state index contributed by atoms with van der Waals surface area (Å²) in [6.07, 6.45) is 1.90. The summed E-state index contributed by atoms with van der Waals surface area (Å²) in [4.78, 5) is 23.5. The van der Waals surface area contributed by atoms with E-state index < -0.39 is 5.76 Å². The summed E-state index contributed by atoms with van der Waals surface area (Å²) in [5.41, 5.74) is 1.60. The van der Waals surface area contributed by atoms with Gasteiger partial charge in [0.25, 0.3) is 0 Å². The minimum absolute atomic E-state index is 0.0789. The van der Waals surface area contributed by atoms with Gasteiger partial charge in [-0.3, -0.25) is 9.36 Å². The molecule has 0 fully saturated rings. The molecule has 108 valence electrons. The van der Waals surface area contributed by atoms with Gasteiger partial charge in [-0.1, -0.05) is 19.4 Å². The zero-order valence-electron chi connectivity index (χ0n) is 11.4. The standard InChI is InChI=1S/C14H18N2O4/c1-2-3-6-15-13(18)8-16-11-7-10(9-17)4-5-12(11)20-14(16)19/h4-5,7,17H,2-3,6,8-9H2,1H3,(H,15,18). The number of aliphatic hydroxyl groups excluding tert-OH is 1. The van der Waals surface area contributed by atoms with Gasteiger partial charge < -0.3 is 14.8 Å². The zero-order valence-corrected chi connectivity index (χ0v) is 11.4. The number of amides is 1. The largest absolute Gasteiger partial charge is 0.420 e. The van der Waals surface area contributed by atoms with Crippen LogP contribution in [0.25, 0.3) is 11.1 Å². The van der Waals surface area contributed by atoms with E-state index in [0.717, 1.165) is 12.8 Å². The second kappa shape index (κ2) is 6.38. The molecule has 2 rings (SSSR count). The van der Waals surface area contributed by atoms with Crippen LogP contribution in [0.3, 0.4) is 0 Å². The van der Waals surface area contributed by atoms with E-state index >= 15 is 0 Å². The van der Waals surface area contributed by atoms with E-state index in [2.05, 4.69) is 5.32 Å². The Morgan fingerprint density at radius 1 is 1.45 bits per heavy atom. The van der Waals surface area contributed by atoms with Crippen LogP contribution in [0.4, 0.5) is 0 Å². The van der Waals surface area contributed by atoms with E-state index in [0.29, 0.717) is 23.2 Å². The normalized spacial score (nSPS) is 10.9. The van der Waals surface area contributed by atoms with Crippen molar-refractivity contribution in [2.24, 2.45) is 0 Å². The molecule has 1 amide bonds. The molecule has 0 aliphatic heterocycles. The molecule has 1 aromatic carbocycles. The number of benzene rings is 1. The van der Waals surface area contributed by atoms with Crippen LogP contribution in [0.2, 0.25) is 0 Å². The number of aliphatic hydroxyl groups is 1. The number of nitrogens with zero attached hydrogens (tertiary/aromatic N) is 1. The number of unbranched alkanes of at least 4 members (excludes halogenated alkanes) is 1. The molecule has 0 saturated heterocycles. The Morgan fingerprint density at radius 3 is 2.95 bits per heavy atom.